The topological polar surface area (TPSA) is 32.6 Å². The van der Waals surface area contributed by atoms with Crippen LogP contribution in [0.2, 0.25) is 0 Å². The fraction of sp³-hybridized carbons (Fsp3) is 0.250. The highest BCUT2D eigenvalue weighted by molar-refractivity contribution is 5.71. The van der Waals surface area contributed by atoms with Crippen molar-refractivity contribution in [3.05, 3.63) is 24.5 Å². The lowest BCUT2D eigenvalue weighted by molar-refractivity contribution is -0.745. The molecule has 0 saturated heterocycles. The van der Waals surface area contributed by atoms with E-state index in [1.807, 2.05) is 16.8 Å². The third kappa shape index (κ3) is 0.981. The molecule has 0 spiro atoms. The normalized spacial score (nSPS) is 10.6. The Morgan fingerprint density at radius 3 is 3.27 bits per heavy atom. The number of aryl methyl sites for hydroxylation is 1. The summed E-state index contributed by atoms with van der Waals surface area (Å²) < 4.78 is 2.01. The zero-order valence-corrected chi connectivity index (χ0v) is 6.41. The smallest absolute Gasteiger partial charge is 0.204 e. The number of nitrogens with zero attached hydrogens (tertiary/aromatic N) is 2. The minimum Gasteiger partial charge on any atom is -0.234 e. The number of nitrogens with one attached hydrogen (secondary N) is 1. The summed E-state index contributed by atoms with van der Waals surface area (Å²) in [4.78, 5) is 4.17. The molecule has 1 N–H and O–H groups in total. The number of aromatic nitrogens is 3. The first-order valence-corrected chi connectivity index (χ1v) is 3.73. The van der Waals surface area contributed by atoms with Crippen molar-refractivity contribution in [2.24, 2.45) is 0 Å². The Labute approximate surface area is 64.7 Å². The van der Waals surface area contributed by atoms with Crippen LogP contribution in [0, 0.1) is 0 Å². The summed E-state index contributed by atoms with van der Waals surface area (Å²) in [7, 11) is 0. The van der Waals surface area contributed by atoms with Crippen LogP contribution in [0.25, 0.3) is 11.0 Å². The van der Waals surface area contributed by atoms with Crippen molar-refractivity contribution in [1.82, 2.24) is 10.1 Å². The monoisotopic (exact) mass is 148 g/mol. The molecule has 2 aromatic heterocycles. The second-order valence-electron chi connectivity index (χ2n) is 2.47. The van der Waals surface area contributed by atoms with Crippen molar-refractivity contribution in [2.75, 3.05) is 0 Å². The summed E-state index contributed by atoms with van der Waals surface area (Å²) in [6.45, 7) is 3.05. The molecule has 0 aliphatic heterocycles. The number of hydrogen-bond donors (Lipinski definition) is 1. The Balaban J connectivity index is 2.69. The molecular formula is C8H10N3+. The second kappa shape index (κ2) is 2.34. The minimum atomic E-state index is 0.953. The van der Waals surface area contributed by atoms with Crippen LogP contribution in [0.4, 0.5) is 0 Å². The molecule has 0 aliphatic rings. The molecule has 0 saturated carbocycles. The molecule has 0 radical (unpaired) electrons. The van der Waals surface area contributed by atoms with Gasteiger partial charge in [-0.3, -0.25) is 0 Å². The first-order valence-electron chi connectivity index (χ1n) is 3.73. The van der Waals surface area contributed by atoms with E-state index >= 15 is 0 Å². The van der Waals surface area contributed by atoms with E-state index in [1.54, 1.807) is 6.20 Å². The predicted molar refractivity (Wildman–Crippen MR) is 42.0 cm³/mol. The van der Waals surface area contributed by atoms with E-state index < -0.39 is 0 Å². The molecule has 0 bridgehead atoms. The lowest BCUT2D eigenvalue weighted by atomic mass is 10.4. The van der Waals surface area contributed by atoms with Gasteiger partial charge in [-0.2, -0.15) is 0 Å². The number of fused-ring (bicyclic) bond motifs is 1. The standard InChI is InChI=1S/C8H9N3/c1-2-11-6-7-4-3-5-9-8(7)10-11/h3-6H,2H2,1H3/p+1. The van der Waals surface area contributed by atoms with Gasteiger partial charge in [0.15, 0.2) is 12.2 Å². The predicted octanol–water partition coefficient (Wildman–Crippen LogP) is 0.870. The van der Waals surface area contributed by atoms with Crippen LogP contribution in [0.3, 0.4) is 0 Å². The van der Waals surface area contributed by atoms with Crippen molar-refractivity contribution in [3.63, 3.8) is 0 Å². The zero-order chi connectivity index (χ0) is 7.68. The number of H-pyrrole nitrogens is 1. The highest BCUT2D eigenvalue weighted by Gasteiger charge is 2.03. The lowest BCUT2D eigenvalue weighted by Gasteiger charge is -1.79. The van der Waals surface area contributed by atoms with Crippen LogP contribution in [0.5, 0.6) is 0 Å². The van der Waals surface area contributed by atoms with Gasteiger partial charge < -0.3 is 0 Å². The Bertz CT molecular complexity index is 331. The Morgan fingerprint density at radius 1 is 1.64 bits per heavy atom. The van der Waals surface area contributed by atoms with Gasteiger partial charge in [0.05, 0.1) is 5.39 Å². The Morgan fingerprint density at radius 2 is 2.55 bits per heavy atom. The van der Waals surface area contributed by atoms with E-state index in [4.69, 9.17) is 0 Å². The van der Waals surface area contributed by atoms with Crippen molar-refractivity contribution < 1.29 is 4.68 Å². The van der Waals surface area contributed by atoms with Crippen molar-refractivity contribution in [2.45, 2.75) is 13.5 Å². The van der Waals surface area contributed by atoms with Gasteiger partial charge in [0.25, 0.3) is 0 Å². The fourth-order valence-electron chi connectivity index (χ4n) is 1.12. The molecule has 2 aromatic rings. The molecule has 0 unspecified atom stereocenters. The maximum absolute atomic E-state index is 4.17. The summed E-state index contributed by atoms with van der Waals surface area (Å²) in [5.41, 5.74) is 0.953. The molecule has 2 rings (SSSR count). The Kier molecular flexibility index (Phi) is 1.35. The Hall–Kier alpha value is -1.38. The number of pyridine rings is 1. The molecule has 0 aromatic carbocycles. The summed E-state index contributed by atoms with van der Waals surface area (Å²) in [5, 5.41) is 4.31. The average Bonchev–Trinajstić information content (AvgIpc) is 2.46. The largest absolute Gasteiger partial charge is 0.234 e. The molecule has 3 nitrogen and oxygen atoms in total. The first kappa shape index (κ1) is 6.34. The van der Waals surface area contributed by atoms with Crippen LogP contribution in [0.15, 0.2) is 24.5 Å². The van der Waals surface area contributed by atoms with Crippen molar-refractivity contribution in [1.29, 1.82) is 0 Å². The maximum Gasteiger partial charge on any atom is 0.204 e. The van der Waals surface area contributed by atoms with Gasteiger partial charge >= 0.3 is 0 Å². The molecule has 11 heavy (non-hydrogen) atoms. The number of rotatable bonds is 1. The van der Waals surface area contributed by atoms with Crippen LogP contribution >= 0.6 is 0 Å². The lowest BCUT2D eigenvalue weighted by Crippen LogP contribution is -2.32. The molecule has 0 amide bonds. The first-order chi connectivity index (χ1) is 5.40. The van der Waals surface area contributed by atoms with E-state index in [1.165, 1.54) is 0 Å². The third-order valence-corrected chi connectivity index (χ3v) is 1.72. The molecule has 0 atom stereocenters. The summed E-state index contributed by atoms with van der Waals surface area (Å²) in [6, 6.07) is 3.99. The van der Waals surface area contributed by atoms with Crippen LogP contribution < -0.4 is 4.68 Å². The SMILES string of the molecule is CC[n+]1cc2cccnc2[nH]1. The fourth-order valence-corrected chi connectivity index (χ4v) is 1.12. The van der Waals surface area contributed by atoms with E-state index in [-0.39, 0.29) is 0 Å². The quantitative estimate of drug-likeness (QED) is 0.598. The summed E-state index contributed by atoms with van der Waals surface area (Å²) in [5.74, 6) is 0. The molecule has 2 heterocycles. The second-order valence-corrected chi connectivity index (χ2v) is 2.47. The van der Waals surface area contributed by atoms with E-state index in [0.717, 1.165) is 17.6 Å². The van der Waals surface area contributed by atoms with Gasteiger partial charge in [0, 0.05) is 6.20 Å². The summed E-state index contributed by atoms with van der Waals surface area (Å²) >= 11 is 0. The minimum absolute atomic E-state index is 0.953. The highest BCUT2D eigenvalue weighted by Crippen LogP contribution is 2.02. The van der Waals surface area contributed by atoms with E-state index in [2.05, 4.69) is 23.2 Å². The molecule has 0 aliphatic carbocycles. The van der Waals surface area contributed by atoms with Crippen molar-refractivity contribution >= 4 is 11.0 Å². The highest BCUT2D eigenvalue weighted by atomic mass is 15.3. The maximum atomic E-state index is 4.17. The van der Waals surface area contributed by atoms with Gasteiger partial charge in [-0.05, 0) is 19.1 Å². The number of hydrogen-bond acceptors (Lipinski definition) is 1. The molecule has 56 valence electrons. The van der Waals surface area contributed by atoms with Crippen LogP contribution in [-0.2, 0) is 6.54 Å². The molecule has 3 heteroatoms. The van der Waals surface area contributed by atoms with Gasteiger partial charge in [-0.15, -0.1) is 9.78 Å². The summed E-state index contributed by atoms with van der Waals surface area (Å²) in [6.07, 6.45) is 3.85. The average molecular weight is 148 g/mol. The van der Waals surface area contributed by atoms with Gasteiger partial charge in [0.1, 0.15) is 0 Å². The van der Waals surface area contributed by atoms with Crippen molar-refractivity contribution in [3.8, 4) is 0 Å². The zero-order valence-electron chi connectivity index (χ0n) is 6.41. The van der Waals surface area contributed by atoms with Gasteiger partial charge in [-0.1, -0.05) is 0 Å². The van der Waals surface area contributed by atoms with Gasteiger partial charge in [0.2, 0.25) is 6.20 Å². The molecular weight excluding hydrogens is 138 g/mol. The van der Waals surface area contributed by atoms with Crippen LogP contribution in [0.1, 0.15) is 6.92 Å². The van der Waals surface area contributed by atoms with Gasteiger partial charge in [-0.25, -0.2) is 4.98 Å². The van der Waals surface area contributed by atoms with E-state index in [0.29, 0.717) is 0 Å². The number of aromatic amines is 1. The molecule has 0 fully saturated rings. The van der Waals surface area contributed by atoms with E-state index in [9.17, 15) is 0 Å². The third-order valence-electron chi connectivity index (χ3n) is 1.72. The van der Waals surface area contributed by atoms with Crippen LogP contribution in [-0.4, -0.2) is 10.1 Å².